The van der Waals surface area contributed by atoms with Gasteiger partial charge in [-0.05, 0) is 39.8 Å². The van der Waals surface area contributed by atoms with Crippen molar-refractivity contribution in [2.24, 2.45) is 0 Å². The SMILES string of the molecule is CC(=O)C1=C(C)NC(C)=C(C(C)=O)C1c1ccc(-c2ccccc2)o1. The molecule has 4 heteroatoms. The lowest BCUT2D eigenvalue weighted by Crippen LogP contribution is -2.29. The summed E-state index contributed by atoms with van der Waals surface area (Å²) in [5, 5.41) is 3.16. The smallest absolute Gasteiger partial charge is 0.158 e. The Hall–Kier alpha value is -2.88. The van der Waals surface area contributed by atoms with Crippen LogP contribution in [0.4, 0.5) is 0 Å². The van der Waals surface area contributed by atoms with Gasteiger partial charge in [0.25, 0.3) is 0 Å². The van der Waals surface area contributed by atoms with Crippen molar-refractivity contribution in [1.29, 1.82) is 0 Å². The van der Waals surface area contributed by atoms with Crippen molar-refractivity contribution in [2.45, 2.75) is 33.6 Å². The number of benzene rings is 1. The molecule has 0 amide bonds. The first kappa shape index (κ1) is 17.0. The van der Waals surface area contributed by atoms with Crippen LogP contribution in [-0.4, -0.2) is 11.6 Å². The second-order valence-corrected chi connectivity index (χ2v) is 6.32. The molecule has 0 bridgehead atoms. The second kappa shape index (κ2) is 6.55. The Morgan fingerprint density at radius 2 is 1.44 bits per heavy atom. The Kier molecular flexibility index (Phi) is 4.45. The zero-order chi connectivity index (χ0) is 18.1. The fraction of sp³-hybridized carbons (Fsp3) is 0.238. The molecule has 0 fully saturated rings. The molecule has 0 atom stereocenters. The van der Waals surface area contributed by atoms with Crippen LogP contribution in [-0.2, 0) is 9.59 Å². The third kappa shape index (κ3) is 3.07. The molecule has 1 aliphatic heterocycles. The molecule has 0 radical (unpaired) electrons. The normalized spacial score (nSPS) is 15.4. The van der Waals surface area contributed by atoms with Gasteiger partial charge in [-0.2, -0.15) is 0 Å². The van der Waals surface area contributed by atoms with Gasteiger partial charge < -0.3 is 9.73 Å². The van der Waals surface area contributed by atoms with E-state index < -0.39 is 5.92 Å². The summed E-state index contributed by atoms with van der Waals surface area (Å²) in [7, 11) is 0. The van der Waals surface area contributed by atoms with E-state index in [-0.39, 0.29) is 11.6 Å². The van der Waals surface area contributed by atoms with E-state index in [1.165, 1.54) is 13.8 Å². The summed E-state index contributed by atoms with van der Waals surface area (Å²) in [5.74, 6) is 0.705. The molecule has 2 aromatic rings. The largest absolute Gasteiger partial charge is 0.460 e. The highest BCUT2D eigenvalue weighted by atomic mass is 16.3. The standard InChI is InChI=1S/C21H21NO3/c1-12-19(14(3)23)21(20(15(4)24)13(2)22-12)18-11-10-17(25-18)16-8-6-5-7-9-16/h5-11,21-22H,1-4H3. The van der Waals surface area contributed by atoms with Gasteiger partial charge in [0.1, 0.15) is 11.5 Å². The lowest BCUT2D eigenvalue weighted by atomic mass is 9.80. The number of hydrogen-bond donors (Lipinski definition) is 1. The third-order valence-electron chi connectivity index (χ3n) is 4.49. The maximum Gasteiger partial charge on any atom is 0.158 e. The molecule has 0 unspecified atom stereocenters. The Bertz CT molecular complexity index is 864. The van der Waals surface area contributed by atoms with Gasteiger partial charge in [0.2, 0.25) is 0 Å². The van der Waals surface area contributed by atoms with E-state index in [1.54, 1.807) is 0 Å². The van der Waals surface area contributed by atoms with Crippen molar-refractivity contribution in [2.75, 3.05) is 0 Å². The molecule has 0 saturated carbocycles. The van der Waals surface area contributed by atoms with Gasteiger partial charge in [0.05, 0.1) is 5.92 Å². The van der Waals surface area contributed by atoms with Gasteiger partial charge in [-0.3, -0.25) is 9.59 Å². The number of furan rings is 1. The first-order valence-electron chi connectivity index (χ1n) is 8.25. The second-order valence-electron chi connectivity index (χ2n) is 6.32. The Morgan fingerprint density at radius 1 is 0.880 bits per heavy atom. The lowest BCUT2D eigenvalue weighted by Gasteiger charge is -2.28. The summed E-state index contributed by atoms with van der Waals surface area (Å²) in [6, 6.07) is 13.5. The predicted octanol–water partition coefficient (Wildman–Crippen LogP) is 4.36. The van der Waals surface area contributed by atoms with Crippen LogP contribution in [0.25, 0.3) is 11.3 Å². The number of dihydropyridines is 1. The Balaban J connectivity index is 2.14. The summed E-state index contributed by atoms with van der Waals surface area (Å²) in [6.45, 7) is 6.75. The molecule has 1 aliphatic rings. The Morgan fingerprint density at radius 3 is 1.96 bits per heavy atom. The van der Waals surface area contributed by atoms with E-state index in [4.69, 9.17) is 4.42 Å². The van der Waals surface area contributed by atoms with Gasteiger partial charge in [-0.25, -0.2) is 0 Å². The highest BCUT2D eigenvalue weighted by molar-refractivity contribution is 6.03. The van der Waals surface area contributed by atoms with E-state index in [0.29, 0.717) is 16.9 Å². The van der Waals surface area contributed by atoms with Crippen LogP contribution in [0.3, 0.4) is 0 Å². The fourth-order valence-electron chi connectivity index (χ4n) is 3.48. The molecule has 1 aromatic carbocycles. The van der Waals surface area contributed by atoms with E-state index in [1.807, 2.05) is 56.3 Å². The summed E-state index contributed by atoms with van der Waals surface area (Å²) in [6.07, 6.45) is 0. The third-order valence-corrected chi connectivity index (χ3v) is 4.49. The number of carbonyl (C=O) groups is 2. The number of ketones is 2. The number of Topliss-reactive ketones (excluding diaryl/α,β-unsaturated/α-hetero) is 2. The average molecular weight is 335 g/mol. The van der Waals surface area contributed by atoms with E-state index in [0.717, 1.165) is 22.7 Å². The molecule has 128 valence electrons. The van der Waals surface area contributed by atoms with Crippen molar-refractivity contribution in [1.82, 2.24) is 5.32 Å². The van der Waals surface area contributed by atoms with Gasteiger partial charge in [0.15, 0.2) is 11.6 Å². The highest BCUT2D eigenvalue weighted by Gasteiger charge is 2.35. The summed E-state index contributed by atoms with van der Waals surface area (Å²) in [5.41, 5.74) is 3.63. The van der Waals surface area contributed by atoms with Crippen molar-refractivity contribution in [3.63, 3.8) is 0 Å². The summed E-state index contributed by atoms with van der Waals surface area (Å²) < 4.78 is 6.07. The lowest BCUT2D eigenvalue weighted by molar-refractivity contribution is -0.114. The number of rotatable bonds is 4. The van der Waals surface area contributed by atoms with Crippen LogP contribution in [0, 0.1) is 0 Å². The topological polar surface area (TPSA) is 59.3 Å². The van der Waals surface area contributed by atoms with E-state index in [9.17, 15) is 9.59 Å². The molecule has 1 aromatic heterocycles. The van der Waals surface area contributed by atoms with Gasteiger partial charge >= 0.3 is 0 Å². The zero-order valence-corrected chi connectivity index (χ0v) is 14.8. The van der Waals surface area contributed by atoms with Crippen LogP contribution >= 0.6 is 0 Å². The van der Waals surface area contributed by atoms with E-state index in [2.05, 4.69) is 5.32 Å². The number of nitrogens with one attached hydrogen (secondary N) is 1. The number of carbonyl (C=O) groups excluding carboxylic acids is 2. The first-order chi connectivity index (χ1) is 11.9. The van der Waals surface area contributed by atoms with Crippen molar-refractivity contribution >= 4 is 11.6 Å². The molecular weight excluding hydrogens is 314 g/mol. The molecule has 3 rings (SSSR count). The van der Waals surface area contributed by atoms with Crippen LogP contribution in [0.2, 0.25) is 0 Å². The number of hydrogen-bond acceptors (Lipinski definition) is 4. The van der Waals surface area contributed by atoms with Crippen molar-refractivity contribution in [3.05, 3.63) is 70.8 Å². The highest BCUT2D eigenvalue weighted by Crippen LogP contribution is 2.40. The minimum absolute atomic E-state index is 0.0705. The number of allylic oxidation sites excluding steroid dienone is 4. The van der Waals surface area contributed by atoms with Gasteiger partial charge in [0, 0.05) is 28.1 Å². The average Bonchev–Trinajstić information content (AvgIpc) is 3.03. The molecule has 25 heavy (non-hydrogen) atoms. The molecule has 1 N–H and O–H groups in total. The van der Waals surface area contributed by atoms with Gasteiger partial charge in [-0.15, -0.1) is 0 Å². The molecule has 0 saturated heterocycles. The summed E-state index contributed by atoms with van der Waals surface area (Å²) in [4.78, 5) is 24.5. The monoisotopic (exact) mass is 335 g/mol. The van der Waals surface area contributed by atoms with Crippen LogP contribution in [0.5, 0.6) is 0 Å². The zero-order valence-electron chi connectivity index (χ0n) is 14.8. The van der Waals surface area contributed by atoms with Gasteiger partial charge in [-0.1, -0.05) is 30.3 Å². The predicted molar refractivity (Wildman–Crippen MR) is 96.8 cm³/mol. The minimum Gasteiger partial charge on any atom is -0.460 e. The minimum atomic E-state index is -0.478. The fourth-order valence-corrected chi connectivity index (χ4v) is 3.48. The maximum absolute atomic E-state index is 12.3. The molecular formula is C21H21NO3. The molecule has 0 spiro atoms. The van der Waals surface area contributed by atoms with E-state index >= 15 is 0 Å². The quantitative estimate of drug-likeness (QED) is 0.902. The van der Waals surface area contributed by atoms with Crippen LogP contribution < -0.4 is 5.32 Å². The maximum atomic E-state index is 12.3. The van der Waals surface area contributed by atoms with Crippen LogP contribution in [0.1, 0.15) is 39.4 Å². The first-order valence-corrected chi connectivity index (χ1v) is 8.25. The molecule has 0 aliphatic carbocycles. The van der Waals surface area contributed by atoms with Crippen molar-refractivity contribution < 1.29 is 14.0 Å². The Labute approximate surface area is 147 Å². The molecule has 4 nitrogen and oxygen atoms in total. The molecule has 2 heterocycles. The van der Waals surface area contributed by atoms with Crippen LogP contribution in [0.15, 0.2) is 69.4 Å². The summed E-state index contributed by atoms with van der Waals surface area (Å²) >= 11 is 0. The van der Waals surface area contributed by atoms with Crippen molar-refractivity contribution in [3.8, 4) is 11.3 Å².